The second kappa shape index (κ2) is 9.47. The summed E-state index contributed by atoms with van der Waals surface area (Å²) in [6.07, 6.45) is 1.08. The quantitative estimate of drug-likeness (QED) is 0.667. The highest BCUT2D eigenvalue weighted by molar-refractivity contribution is 5.93. The fourth-order valence-corrected chi connectivity index (χ4v) is 2.91. The number of carbonyl (C=O) groups is 1. The molecule has 25 heavy (non-hydrogen) atoms. The first-order valence-corrected chi connectivity index (χ1v) is 8.66. The molecule has 1 amide bonds. The predicted octanol–water partition coefficient (Wildman–Crippen LogP) is 5.51. The van der Waals surface area contributed by atoms with Crippen molar-refractivity contribution in [1.82, 2.24) is 0 Å². The maximum atomic E-state index is 12.5. The number of benzene rings is 2. The van der Waals surface area contributed by atoms with Gasteiger partial charge in [0, 0.05) is 17.8 Å². The number of anilines is 2. The van der Waals surface area contributed by atoms with Crippen molar-refractivity contribution in [2.75, 3.05) is 11.1 Å². The third-order valence-corrected chi connectivity index (χ3v) is 4.31. The van der Waals surface area contributed by atoms with Gasteiger partial charge in [-0.25, -0.2) is 0 Å². The molecular weight excluding hydrogens is 332 g/mol. The largest absolute Gasteiger partial charge is 0.399 e. The Kier molecular flexibility index (Phi) is 7.98. The van der Waals surface area contributed by atoms with Crippen LogP contribution in [0.5, 0.6) is 0 Å². The normalized spacial score (nSPS) is 10.6. The van der Waals surface area contributed by atoms with E-state index in [-0.39, 0.29) is 18.3 Å². The molecule has 0 aromatic heterocycles. The molecule has 0 spiro atoms. The van der Waals surface area contributed by atoms with E-state index in [0.717, 1.165) is 16.9 Å². The van der Waals surface area contributed by atoms with Crippen LogP contribution < -0.4 is 11.1 Å². The molecule has 136 valence electrons. The molecule has 0 aliphatic rings. The molecule has 0 aliphatic heterocycles. The summed E-state index contributed by atoms with van der Waals surface area (Å²) in [5.74, 6) is 0.765. The van der Waals surface area contributed by atoms with Gasteiger partial charge in [-0.1, -0.05) is 64.1 Å². The van der Waals surface area contributed by atoms with E-state index in [9.17, 15) is 4.79 Å². The molecule has 3 nitrogen and oxygen atoms in total. The number of hydrogen-bond acceptors (Lipinski definition) is 2. The fraction of sp³-hybridized carbons (Fsp3) is 0.381. The third kappa shape index (κ3) is 5.50. The number of nitrogens with two attached hydrogens (primary N) is 1. The van der Waals surface area contributed by atoms with Crippen LogP contribution in [0, 0.1) is 0 Å². The van der Waals surface area contributed by atoms with E-state index in [4.69, 9.17) is 5.73 Å². The van der Waals surface area contributed by atoms with E-state index in [1.807, 2.05) is 24.3 Å². The van der Waals surface area contributed by atoms with E-state index < -0.39 is 0 Å². The number of rotatable bonds is 6. The van der Waals surface area contributed by atoms with E-state index >= 15 is 0 Å². The van der Waals surface area contributed by atoms with Crippen molar-refractivity contribution >= 4 is 29.7 Å². The van der Waals surface area contributed by atoms with E-state index in [1.54, 1.807) is 0 Å². The van der Waals surface area contributed by atoms with Gasteiger partial charge in [-0.15, -0.1) is 12.4 Å². The molecule has 0 atom stereocenters. The van der Waals surface area contributed by atoms with Crippen LogP contribution in [0.15, 0.2) is 42.5 Å². The highest BCUT2D eigenvalue weighted by atomic mass is 35.5. The molecule has 0 heterocycles. The summed E-state index contributed by atoms with van der Waals surface area (Å²) < 4.78 is 0. The van der Waals surface area contributed by atoms with Crippen molar-refractivity contribution in [3.8, 4) is 0 Å². The first-order chi connectivity index (χ1) is 11.4. The van der Waals surface area contributed by atoms with Crippen LogP contribution in [0.1, 0.15) is 62.6 Å². The summed E-state index contributed by atoms with van der Waals surface area (Å²) in [6.45, 7) is 8.61. The third-order valence-electron chi connectivity index (χ3n) is 4.31. The summed E-state index contributed by atoms with van der Waals surface area (Å²) in [4.78, 5) is 12.5. The number of aryl methyl sites for hydroxylation is 1. The number of nitrogens with one attached hydrogen (secondary N) is 1. The van der Waals surface area contributed by atoms with Crippen molar-refractivity contribution in [3.63, 3.8) is 0 Å². The molecule has 0 fully saturated rings. The lowest BCUT2D eigenvalue weighted by Crippen LogP contribution is -2.16. The lowest BCUT2D eigenvalue weighted by molar-refractivity contribution is -0.116. The standard InChI is InChI=1S/C21H28N2O.ClH/c1-14(2)17-9-7-10-18(15(3)4)21(17)23-20(24)13-12-16-8-5-6-11-19(16)22;/h5-11,14-15H,12-13,22H2,1-4H3,(H,23,24);1H. The van der Waals surface area contributed by atoms with Crippen molar-refractivity contribution in [2.45, 2.75) is 52.4 Å². The minimum Gasteiger partial charge on any atom is -0.399 e. The summed E-state index contributed by atoms with van der Waals surface area (Å²) >= 11 is 0. The summed E-state index contributed by atoms with van der Waals surface area (Å²) in [7, 11) is 0. The maximum Gasteiger partial charge on any atom is 0.224 e. The van der Waals surface area contributed by atoms with Gasteiger partial charge in [0.1, 0.15) is 0 Å². The van der Waals surface area contributed by atoms with Crippen LogP contribution in [0.25, 0.3) is 0 Å². The summed E-state index contributed by atoms with van der Waals surface area (Å²) in [6, 6.07) is 14.0. The first-order valence-electron chi connectivity index (χ1n) is 8.66. The zero-order valence-corrected chi connectivity index (χ0v) is 16.3. The van der Waals surface area contributed by atoms with Crippen LogP contribution in [0.4, 0.5) is 11.4 Å². The van der Waals surface area contributed by atoms with Gasteiger partial charge in [0.25, 0.3) is 0 Å². The summed E-state index contributed by atoms with van der Waals surface area (Å²) in [5, 5.41) is 3.15. The second-order valence-corrected chi connectivity index (χ2v) is 6.87. The van der Waals surface area contributed by atoms with Crippen molar-refractivity contribution in [2.24, 2.45) is 0 Å². The van der Waals surface area contributed by atoms with Crippen LogP contribution in [0.2, 0.25) is 0 Å². The molecule has 2 aromatic carbocycles. The average molecular weight is 361 g/mol. The van der Waals surface area contributed by atoms with Gasteiger partial charge in [-0.3, -0.25) is 4.79 Å². The Hall–Kier alpha value is -2.00. The Morgan fingerprint density at radius 3 is 2.04 bits per heavy atom. The van der Waals surface area contributed by atoms with Crippen molar-refractivity contribution in [3.05, 3.63) is 59.2 Å². The van der Waals surface area contributed by atoms with Crippen molar-refractivity contribution < 1.29 is 4.79 Å². The molecule has 4 heteroatoms. The Bertz CT molecular complexity index is 685. The molecule has 2 rings (SSSR count). The number of hydrogen-bond donors (Lipinski definition) is 2. The van der Waals surface area contributed by atoms with Crippen LogP contribution in [-0.4, -0.2) is 5.91 Å². The van der Waals surface area contributed by atoms with Gasteiger partial charge in [-0.05, 0) is 41.0 Å². The zero-order chi connectivity index (χ0) is 17.7. The Morgan fingerprint density at radius 2 is 1.52 bits per heavy atom. The minimum absolute atomic E-state index is 0. The van der Waals surface area contributed by atoms with E-state index in [1.165, 1.54) is 11.1 Å². The number of amides is 1. The van der Waals surface area contributed by atoms with Gasteiger partial charge < -0.3 is 11.1 Å². The fourth-order valence-electron chi connectivity index (χ4n) is 2.91. The predicted molar refractivity (Wildman–Crippen MR) is 110 cm³/mol. The van der Waals surface area contributed by atoms with E-state index in [0.29, 0.717) is 24.7 Å². The number of nitrogen functional groups attached to an aromatic ring is 1. The highest BCUT2D eigenvalue weighted by Gasteiger charge is 2.16. The molecule has 0 bridgehead atoms. The first kappa shape index (κ1) is 21.0. The molecule has 3 N–H and O–H groups in total. The number of carbonyl (C=O) groups excluding carboxylic acids is 1. The van der Waals surface area contributed by atoms with Crippen LogP contribution in [-0.2, 0) is 11.2 Å². The van der Waals surface area contributed by atoms with E-state index in [2.05, 4.69) is 51.2 Å². The van der Waals surface area contributed by atoms with Gasteiger partial charge in [0.2, 0.25) is 5.91 Å². The lowest BCUT2D eigenvalue weighted by atomic mass is 9.92. The van der Waals surface area contributed by atoms with Crippen LogP contribution in [0.3, 0.4) is 0 Å². The average Bonchev–Trinajstić information content (AvgIpc) is 2.53. The monoisotopic (exact) mass is 360 g/mol. The van der Waals surface area contributed by atoms with Gasteiger partial charge >= 0.3 is 0 Å². The molecule has 0 saturated heterocycles. The molecule has 0 saturated carbocycles. The molecule has 0 radical (unpaired) electrons. The zero-order valence-electron chi connectivity index (χ0n) is 15.5. The summed E-state index contributed by atoms with van der Waals surface area (Å²) in [5.41, 5.74) is 11.1. The van der Waals surface area contributed by atoms with Crippen LogP contribution >= 0.6 is 12.4 Å². The Balaban J connectivity index is 0.00000312. The van der Waals surface area contributed by atoms with Gasteiger partial charge in [-0.2, -0.15) is 0 Å². The van der Waals surface area contributed by atoms with Gasteiger partial charge in [0.05, 0.1) is 0 Å². The molecule has 2 aromatic rings. The second-order valence-electron chi connectivity index (χ2n) is 6.87. The van der Waals surface area contributed by atoms with Crippen molar-refractivity contribution in [1.29, 1.82) is 0 Å². The Labute approximate surface area is 157 Å². The minimum atomic E-state index is 0. The Morgan fingerprint density at radius 1 is 0.960 bits per heavy atom. The molecular formula is C21H29ClN2O. The lowest BCUT2D eigenvalue weighted by Gasteiger charge is -2.20. The molecule has 0 aliphatic carbocycles. The number of halogens is 1. The maximum absolute atomic E-state index is 12.5. The van der Waals surface area contributed by atoms with Gasteiger partial charge in [0.15, 0.2) is 0 Å². The topological polar surface area (TPSA) is 55.1 Å². The SMILES string of the molecule is CC(C)c1cccc(C(C)C)c1NC(=O)CCc1ccccc1N.Cl. The smallest absolute Gasteiger partial charge is 0.224 e. The molecule has 0 unspecified atom stereocenters. The number of para-hydroxylation sites is 2. The highest BCUT2D eigenvalue weighted by Crippen LogP contribution is 2.32.